The van der Waals surface area contributed by atoms with Crippen molar-refractivity contribution >= 4 is 40.3 Å². The van der Waals surface area contributed by atoms with Crippen molar-refractivity contribution in [3.63, 3.8) is 0 Å². The van der Waals surface area contributed by atoms with Crippen LogP contribution in [0.5, 0.6) is 0 Å². The maximum absolute atomic E-state index is 13.0. The molecule has 4 rings (SSSR count). The molecular weight excluding hydrogens is 427 g/mol. The number of benzene rings is 1. The Morgan fingerprint density at radius 3 is 2.40 bits per heavy atom. The van der Waals surface area contributed by atoms with Crippen LogP contribution in [0.1, 0.15) is 11.3 Å². The number of rotatable bonds is 5. The number of hydrogen-bond acceptors (Lipinski definition) is 5. The van der Waals surface area contributed by atoms with E-state index < -0.39 is 11.2 Å². The second kappa shape index (κ2) is 7.97. The first kappa shape index (κ1) is 20.2. The third-order valence-corrected chi connectivity index (χ3v) is 5.59. The predicted octanol–water partition coefficient (Wildman–Crippen LogP) is 2.80. The van der Waals surface area contributed by atoms with E-state index in [0.29, 0.717) is 28.1 Å². The van der Waals surface area contributed by atoms with E-state index in [2.05, 4.69) is 15.3 Å². The van der Waals surface area contributed by atoms with Crippen molar-refractivity contribution < 1.29 is 0 Å². The number of aromatic nitrogens is 5. The van der Waals surface area contributed by atoms with Crippen LogP contribution in [0.3, 0.4) is 0 Å². The summed E-state index contributed by atoms with van der Waals surface area (Å²) in [6, 6.07) is 10.8. The molecule has 4 aromatic rings. The van der Waals surface area contributed by atoms with E-state index in [-0.39, 0.29) is 17.7 Å². The molecule has 3 heterocycles. The molecule has 0 atom stereocenters. The summed E-state index contributed by atoms with van der Waals surface area (Å²) in [7, 11) is 3.01. The lowest BCUT2D eigenvalue weighted by molar-refractivity contribution is 0.702. The number of imidazole rings is 1. The molecule has 3 aromatic heterocycles. The molecule has 0 amide bonds. The van der Waals surface area contributed by atoms with Crippen LogP contribution >= 0.6 is 23.2 Å². The van der Waals surface area contributed by atoms with E-state index in [0.717, 1.165) is 10.3 Å². The minimum atomic E-state index is -0.454. The molecule has 154 valence electrons. The van der Waals surface area contributed by atoms with E-state index in [1.807, 2.05) is 18.2 Å². The molecular formula is C20H18Cl2N6O2. The first-order valence-corrected chi connectivity index (χ1v) is 9.87. The highest BCUT2D eigenvalue weighted by molar-refractivity contribution is 6.36. The van der Waals surface area contributed by atoms with Gasteiger partial charge in [0.05, 0.1) is 18.8 Å². The number of hydrogen-bond donors (Lipinski definition) is 1. The van der Waals surface area contributed by atoms with Crippen molar-refractivity contribution in [2.24, 2.45) is 14.1 Å². The molecule has 10 heteroatoms. The van der Waals surface area contributed by atoms with Crippen molar-refractivity contribution in [2.45, 2.75) is 13.1 Å². The maximum Gasteiger partial charge on any atom is 0.332 e. The number of pyridine rings is 1. The van der Waals surface area contributed by atoms with Crippen molar-refractivity contribution in [3.8, 4) is 0 Å². The lowest BCUT2D eigenvalue weighted by Crippen LogP contribution is -2.37. The highest BCUT2D eigenvalue weighted by Crippen LogP contribution is 2.27. The Labute approximate surface area is 181 Å². The highest BCUT2D eigenvalue weighted by Gasteiger charge is 2.20. The molecule has 0 spiro atoms. The van der Waals surface area contributed by atoms with Crippen molar-refractivity contribution in [2.75, 3.05) is 5.32 Å². The molecule has 0 unspecified atom stereocenters. The van der Waals surface area contributed by atoms with Crippen LogP contribution in [-0.4, -0.2) is 23.7 Å². The van der Waals surface area contributed by atoms with E-state index in [9.17, 15) is 9.59 Å². The largest absolute Gasteiger partial charge is 0.350 e. The molecule has 0 radical (unpaired) electrons. The van der Waals surface area contributed by atoms with Crippen LogP contribution in [0.25, 0.3) is 11.2 Å². The van der Waals surface area contributed by atoms with Gasteiger partial charge in [-0.2, -0.15) is 4.98 Å². The summed E-state index contributed by atoms with van der Waals surface area (Å²) in [6.45, 7) is 0.585. The Balaban J connectivity index is 1.90. The van der Waals surface area contributed by atoms with Crippen LogP contribution < -0.4 is 16.6 Å². The quantitative estimate of drug-likeness (QED) is 0.511. The smallest absolute Gasteiger partial charge is 0.332 e. The normalized spacial score (nSPS) is 11.2. The highest BCUT2D eigenvalue weighted by atomic mass is 35.5. The van der Waals surface area contributed by atoms with Gasteiger partial charge in [-0.25, -0.2) is 4.79 Å². The predicted molar refractivity (Wildman–Crippen MR) is 117 cm³/mol. The zero-order chi connectivity index (χ0) is 21.4. The molecule has 30 heavy (non-hydrogen) atoms. The molecule has 0 saturated heterocycles. The lowest BCUT2D eigenvalue weighted by Gasteiger charge is -2.13. The summed E-state index contributed by atoms with van der Waals surface area (Å²) in [6.07, 6.45) is 1.70. The van der Waals surface area contributed by atoms with Crippen molar-refractivity contribution in [1.29, 1.82) is 0 Å². The van der Waals surface area contributed by atoms with E-state index in [4.69, 9.17) is 23.2 Å². The number of nitrogens with zero attached hydrogens (tertiary/aromatic N) is 5. The van der Waals surface area contributed by atoms with Crippen LogP contribution in [-0.2, 0) is 27.2 Å². The Kier molecular flexibility index (Phi) is 5.36. The second-order valence-corrected chi connectivity index (χ2v) is 7.59. The van der Waals surface area contributed by atoms with Gasteiger partial charge in [-0.15, -0.1) is 0 Å². The molecule has 0 aliphatic heterocycles. The zero-order valence-electron chi connectivity index (χ0n) is 16.3. The van der Waals surface area contributed by atoms with E-state index in [1.54, 1.807) is 36.0 Å². The van der Waals surface area contributed by atoms with Gasteiger partial charge in [0.15, 0.2) is 11.2 Å². The molecule has 1 N–H and O–H groups in total. The fourth-order valence-corrected chi connectivity index (χ4v) is 3.77. The van der Waals surface area contributed by atoms with Gasteiger partial charge in [0.25, 0.3) is 5.56 Å². The van der Waals surface area contributed by atoms with Gasteiger partial charge < -0.3 is 5.32 Å². The molecule has 8 nitrogen and oxygen atoms in total. The second-order valence-electron chi connectivity index (χ2n) is 6.77. The number of anilines is 1. The number of nitrogens with one attached hydrogen (secondary N) is 1. The Bertz CT molecular complexity index is 1340. The van der Waals surface area contributed by atoms with Gasteiger partial charge in [0.1, 0.15) is 0 Å². The van der Waals surface area contributed by atoms with Gasteiger partial charge in [0, 0.05) is 35.9 Å². The Morgan fingerprint density at radius 1 is 1.00 bits per heavy atom. The Morgan fingerprint density at radius 2 is 1.73 bits per heavy atom. The summed E-state index contributed by atoms with van der Waals surface area (Å²) in [5.41, 5.74) is 1.10. The summed E-state index contributed by atoms with van der Waals surface area (Å²) in [5, 5.41) is 4.16. The standard InChI is InChI=1S/C20H18Cl2N6O2/c1-26-17-16(18(29)27(2)20(26)30)28(11-13-14(21)7-5-8-15(13)22)19(25-17)24-10-12-6-3-4-9-23-12/h3-9H,10-11H2,1-2H3,(H,24,25). The third kappa shape index (κ3) is 3.48. The molecule has 1 aromatic carbocycles. The van der Waals surface area contributed by atoms with Gasteiger partial charge in [0.2, 0.25) is 5.95 Å². The summed E-state index contributed by atoms with van der Waals surface area (Å²) in [4.78, 5) is 34.1. The molecule has 0 bridgehead atoms. The molecule has 0 saturated carbocycles. The van der Waals surface area contributed by atoms with Crippen LogP contribution in [0.15, 0.2) is 52.2 Å². The van der Waals surface area contributed by atoms with Crippen molar-refractivity contribution in [1.82, 2.24) is 23.7 Å². The molecule has 0 fully saturated rings. The summed E-state index contributed by atoms with van der Waals surface area (Å²) in [5.74, 6) is 0.407. The van der Waals surface area contributed by atoms with E-state index >= 15 is 0 Å². The first-order chi connectivity index (χ1) is 14.4. The van der Waals surface area contributed by atoms with Crippen molar-refractivity contribution in [3.05, 3.63) is 84.7 Å². The number of halogens is 2. The zero-order valence-corrected chi connectivity index (χ0v) is 17.8. The number of aryl methyl sites for hydroxylation is 1. The Hall–Kier alpha value is -3.10. The maximum atomic E-state index is 13.0. The van der Waals surface area contributed by atoms with Gasteiger partial charge >= 0.3 is 5.69 Å². The number of fused-ring (bicyclic) bond motifs is 1. The topological polar surface area (TPSA) is 86.7 Å². The van der Waals surface area contributed by atoms with Crippen LogP contribution in [0.2, 0.25) is 10.0 Å². The summed E-state index contributed by atoms with van der Waals surface area (Å²) < 4.78 is 4.08. The average molecular weight is 445 g/mol. The van der Waals surface area contributed by atoms with Gasteiger partial charge in [-0.1, -0.05) is 35.3 Å². The van der Waals surface area contributed by atoms with E-state index in [1.165, 1.54) is 11.6 Å². The van der Waals surface area contributed by atoms with Crippen LogP contribution in [0.4, 0.5) is 5.95 Å². The first-order valence-electron chi connectivity index (χ1n) is 9.11. The minimum Gasteiger partial charge on any atom is -0.350 e. The fraction of sp³-hybridized carbons (Fsp3) is 0.200. The fourth-order valence-electron chi connectivity index (χ4n) is 3.25. The lowest BCUT2D eigenvalue weighted by atomic mass is 10.2. The SMILES string of the molecule is Cn1c(=O)c2c(nc(NCc3ccccn3)n2Cc2c(Cl)cccc2Cl)n(C)c1=O. The molecule has 0 aliphatic carbocycles. The molecule has 0 aliphatic rings. The van der Waals surface area contributed by atoms with Gasteiger partial charge in [-0.05, 0) is 24.3 Å². The average Bonchev–Trinajstić information content (AvgIpc) is 3.11. The van der Waals surface area contributed by atoms with Gasteiger partial charge in [-0.3, -0.25) is 23.5 Å². The monoisotopic (exact) mass is 444 g/mol. The van der Waals surface area contributed by atoms with Crippen LogP contribution in [0, 0.1) is 0 Å². The third-order valence-electron chi connectivity index (χ3n) is 4.88. The summed E-state index contributed by atoms with van der Waals surface area (Å²) >= 11 is 12.7. The minimum absolute atomic E-state index is 0.201.